The molecule has 4 heteroatoms. The first-order valence-corrected chi connectivity index (χ1v) is 7.42. The van der Waals surface area contributed by atoms with E-state index in [2.05, 4.69) is 19.2 Å². The highest BCUT2D eigenvalue weighted by Crippen LogP contribution is 2.26. The second-order valence-electron chi connectivity index (χ2n) is 5.98. The predicted molar refractivity (Wildman–Crippen MR) is 85.1 cm³/mol. The number of hydrogen-bond donors (Lipinski definition) is 1. The molecule has 0 fully saturated rings. The van der Waals surface area contributed by atoms with Gasteiger partial charge in [0, 0.05) is 11.9 Å². The van der Waals surface area contributed by atoms with Gasteiger partial charge in [0.25, 0.3) is 0 Å². The number of furan rings is 1. The van der Waals surface area contributed by atoms with Crippen LogP contribution in [0.2, 0.25) is 0 Å². The molecule has 1 heterocycles. The molecule has 1 amide bonds. The number of hydrogen-bond acceptors (Lipinski definition) is 3. The summed E-state index contributed by atoms with van der Waals surface area (Å²) in [6, 6.07) is 10.1. The number of para-hydroxylation sites is 1. The molecule has 1 unspecified atom stereocenters. The summed E-state index contributed by atoms with van der Waals surface area (Å²) in [6.45, 7) is 7.30. The molecule has 0 saturated heterocycles. The smallest absolute Gasteiger partial charge is 0.234 e. The van der Waals surface area contributed by atoms with Crippen molar-refractivity contribution in [2.45, 2.75) is 26.8 Å². The number of carbonyl (C=O) groups excluding carboxylic acids is 1. The molecule has 0 radical (unpaired) electrons. The quantitative estimate of drug-likeness (QED) is 0.888. The molecule has 0 aliphatic carbocycles. The second kappa shape index (κ2) is 6.76. The zero-order chi connectivity index (χ0) is 15.4. The first-order chi connectivity index (χ1) is 9.97. The number of amides is 1. The van der Waals surface area contributed by atoms with Crippen LogP contribution in [0.5, 0.6) is 0 Å². The van der Waals surface area contributed by atoms with E-state index in [9.17, 15) is 4.79 Å². The number of carbonyl (C=O) groups is 1. The van der Waals surface area contributed by atoms with Gasteiger partial charge in [0.15, 0.2) is 0 Å². The van der Waals surface area contributed by atoms with E-state index < -0.39 is 0 Å². The van der Waals surface area contributed by atoms with Gasteiger partial charge in [-0.25, -0.2) is 0 Å². The fourth-order valence-electron chi connectivity index (χ4n) is 2.16. The number of likely N-dealkylation sites (N-methyl/N-ethyl adjacent to an activating group) is 1. The molecule has 0 spiro atoms. The van der Waals surface area contributed by atoms with Crippen molar-refractivity contribution in [1.29, 1.82) is 0 Å². The van der Waals surface area contributed by atoms with E-state index >= 15 is 0 Å². The lowest BCUT2D eigenvalue weighted by atomic mass is 10.2. The number of benzene rings is 1. The van der Waals surface area contributed by atoms with Gasteiger partial charge >= 0.3 is 0 Å². The van der Waals surface area contributed by atoms with Gasteiger partial charge in [-0.15, -0.1) is 0 Å². The maximum absolute atomic E-state index is 11.9. The zero-order valence-corrected chi connectivity index (χ0v) is 13.2. The minimum Gasteiger partial charge on any atom is -0.459 e. The van der Waals surface area contributed by atoms with Gasteiger partial charge in [-0.1, -0.05) is 32.0 Å². The Balaban J connectivity index is 1.98. The van der Waals surface area contributed by atoms with Crippen molar-refractivity contribution in [3.63, 3.8) is 0 Å². The first kappa shape index (κ1) is 15.6. The maximum Gasteiger partial charge on any atom is 0.234 e. The van der Waals surface area contributed by atoms with Crippen LogP contribution in [0.3, 0.4) is 0 Å². The lowest BCUT2D eigenvalue weighted by Gasteiger charge is -2.22. The van der Waals surface area contributed by atoms with E-state index in [1.807, 2.05) is 49.2 Å². The molecule has 1 aromatic heterocycles. The molecule has 114 valence electrons. The van der Waals surface area contributed by atoms with Crippen LogP contribution >= 0.6 is 0 Å². The van der Waals surface area contributed by atoms with Gasteiger partial charge in [0.05, 0.1) is 12.6 Å². The minimum atomic E-state index is 0.0501. The molecule has 0 saturated carbocycles. The molecule has 1 N–H and O–H groups in total. The molecule has 0 aliphatic rings. The fourth-order valence-corrected chi connectivity index (χ4v) is 2.16. The Morgan fingerprint density at radius 3 is 2.67 bits per heavy atom. The fraction of sp³-hybridized carbons (Fsp3) is 0.471. The van der Waals surface area contributed by atoms with Crippen molar-refractivity contribution >= 4 is 16.9 Å². The third kappa shape index (κ3) is 4.08. The summed E-state index contributed by atoms with van der Waals surface area (Å²) in [5.41, 5.74) is 0.886. The SMILES string of the molecule is CC(C)CNC(=O)CN(C)C(C)c1cc2ccccc2o1. The third-order valence-corrected chi connectivity index (χ3v) is 3.62. The largest absolute Gasteiger partial charge is 0.459 e. The average Bonchev–Trinajstić information content (AvgIpc) is 2.88. The number of nitrogens with zero attached hydrogens (tertiary/aromatic N) is 1. The van der Waals surface area contributed by atoms with E-state index in [1.54, 1.807) is 0 Å². The van der Waals surface area contributed by atoms with Gasteiger partial charge < -0.3 is 9.73 Å². The van der Waals surface area contributed by atoms with Crippen LogP contribution < -0.4 is 5.32 Å². The Bertz CT molecular complexity index is 571. The highest BCUT2D eigenvalue weighted by Gasteiger charge is 2.18. The Hall–Kier alpha value is -1.81. The number of nitrogens with one attached hydrogen (secondary N) is 1. The normalized spacial score (nSPS) is 13.0. The molecule has 0 aliphatic heterocycles. The van der Waals surface area contributed by atoms with Crippen molar-refractivity contribution in [3.05, 3.63) is 36.1 Å². The molecule has 4 nitrogen and oxygen atoms in total. The van der Waals surface area contributed by atoms with Gasteiger partial charge in [-0.05, 0) is 32.0 Å². The molecular formula is C17H24N2O2. The van der Waals surface area contributed by atoms with Crippen molar-refractivity contribution < 1.29 is 9.21 Å². The summed E-state index contributed by atoms with van der Waals surface area (Å²) in [4.78, 5) is 13.9. The van der Waals surface area contributed by atoms with E-state index in [0.717, 1.165) is 16.7 Å². The molecule has 2 rings (SSSR count). The van der Waals surface area contributed by atoms with Crippen LogP contribution in [0.4, 0.5) is 0 Å². The molecule has 21 heavy (non-hydrogen) atoms. The van der Waals surface area contributed by atoms with Gasteiger partial charge in [0.2, 0.25) is 5.91 Å². The molecule has 1 atom stereocenters. The van der Waals surface area contributed by atoms with Crippen molar-refractivity contribution in [1.82, 2.24) is 10.2 Å². The standard InChI is InChI=1S/C17H24N2O2/c1-12(2)10-18-17(20)11-19(4)13(3)16-9-14-7-5-6-8-15(14)21-16/h5-9,12-13H,10-11H2,1-4H3,(H,18,20). The van der Waals surface area contributed by atoms with E-state index in [0.29, 0.717) is 19.0 Å². The Labute approximate surface area is 126 Å². The van der Waals surface area contributed by atoms with Crippen molar-refractivity contribution in [3.8, 4) is 0 Å². The van der Waals surface area contributed by atoms with Crippen LogP contribution in [0.1, 0.15) is 32.6 Å². The predicted octanol–water partition coefficient (Wildman–Crippen LogP) is 3.20. The average molecular weight is 288 g/mol. The highest BCUT2D eigenvalue weighted by atomic mass is 16.3. The third-order valence-electron chi connectivity index (χ3n) is 3.62. The van der Waals surface area contributed by atoms with Gasteiger partial charge in [-0.3, -0.25) is 9.69 Å². The summed E-state index contributed by atoms with van der Waals surface area (Å²) in [5.74, 6) is 1.40. The Kier molecular flexibility index (Phi) is 5.02. The van der Waals surface area contributed by atoms with Crippen LogP contribution in [0.25, 0.3) is 11.0 Å². The summed E-state index contributed by atoms with van der Waals surface area (Å²) in [6.07, 6.45) is 0. The molecular weight excluding hydrogens is 264 g/mol. The van der Waals surface area contributed by atoms with E-state index in [4.69, 9.17) is 4.42 Å². The minimum absolute atomic E-state index is 0.0501. The van der Waals surface area contributed by atoms with Crippen LogP contribution in [-0.4, -0.2) is 30.9 Å². The van der Waals surface area contributed by atoms with Gasteiger partial charge in [-0.2, -0.15) is 0 Å². The van der Waals surface area contributed by atoms with E-state index in [-0.39, 0.29) is 11.9 Å². The van der Waals surface area contributed by atoms with Crippen LogP contribution in [0.15, 0.2) is 34.7 Å². The second-order valence-corrected chi connectivity index (χ2v) is 5.98. The summed E-state index contributed by atoms with van der Waals surface area (Å²) < 4.78 is 5.86. The maximum atomic E-state index is 11.9. The monoisotopic (exact) mass is 288 g/mol. The van der Waals surface area contributed by atoms with Crippen LogP contribution in [-0.2, 0) is 4.79 Å². The Morgan fingerprint density at radius 2 is 2.00 bits per heavy atom. The topological polar surface area (TPSA) is 45.5 Å². The molecule has 0 bridgehead atoms. The molecule has 1 aromatic carbocycles. The highest BCUT2D eigenvalue weighted by molar-refractivity contribution is 5.78. The lowest BCUT2D eigenvalue weighted by molar-refractivity contribution is -0.122. The summed E-state index contributed by atoms with van der Waals surface area (Å²) in [7, 11) is 1.94. The van der Waals surface area contributed by atoms with Crippen molar-refractivity contribution in [2.75, 3.05) is 20.1 Å². The van der Waals surface area contributed by atoms with Gasteiger partial charge in [0.1, 0.15) is 11.3 Å². The number of rotatable bonds is 6. The van der Waals surface area contributed by atoms with E-state index in [1.165, 1.54) is 0 Å². The zero-order valence-electron chi connectivity index (χ0n) is 13.2. The summed E-state index contributed by atoms with van der Waals surface area (Å²) in [5, 5.41) is 4.03. The molecule has 2 aromatic rings. The van der Waals surface area contributed by atoms with Crippen LogP contribution in [0, 0.1) is 5.92 Å². The number of fused-ring (bicyclic) bond motifs is 1. The van der Waals surface area contributed by atoms with Crippen molar-refractivity contribution in [2.24, 2.45) is 5.92 Å². The Morgan fingerprint density at radius 1 is 1.29 bits per heavy atom. The first-order valence-electron chi connectivity index (χ1n) is 7.42. The lowest BCUT2D eigenvalue weighted by Crippen LogP contribution is -2.37. The summed E-state index contributed by atoms with van der Waals surface area (Å²) >= 11 is 0.